The van der Waals surface area contributed by atoms with Crippen LogP contribution in [-0.2, 0) is 0 Å². The van der Waals surface area contributed by atoms with Gasteiger partial charge in [-0.3, -0.25) is 4.99 Å². The van der Waals surface area contributed by atoms with Crippen molar-refractivity contribution in [3.8, 4) is 5.75 Å². The number of para-hydroxylation sites is 1. The normalized spacial score (nSPS) is 19.1. The average Bonchev–Trinajstić information content (AvgIpc) is 3.37. The molecule has 4 nitrogen and oxygen atoms in total. The molecule has 4 aromatic carbocycles. The standard InChI is InChI=1S/C25H18BN2O2S/c29-26-30-19-12-13-20-17(15-19)11-14-21-22(20)23-25(28(21)18-9-5-2-6-10-18)31-24(27-23)16-7-3-1-4-8-16/h1-15,23,25,29H. The second-order valence-electron chi connectivity index (χ2n) is 7.56. The van der Waals surface area contributed by atoms with E-state index in [0.29, 0.717) is 13.4 Å². The molecule has 6 heteroatoms. The van der Waals surface area contributed by atoms with Crippen molar-refractivity contribution in [3.63, 3.8) is 0 Å². The molecule has 0 amide bonds. The van der Waals surface area contributed by atoms with E-state index in [1.165, 1.54) is 16.9 Å². The van der Waals surface area contributed by atoms with Crippen molar-refractivity contribution in [1.82, 2.24) is 0 Å². The molecule has 0 saturated heterocycles. The number of nitrogens with zero attached hydrogens (tertiary/aromatic N) is 2. The molecule has 2 aliphatic rings. The van der Waals surface area contributed by atoms with Crippen LogP contribution >= 0.6 is 11.8 Å². The van der Waals surface area contributed by atoms with Crippen LogP contribution in [0.4, 0.5) is 11.4 Å². The molecule has 2 unspecified atom stereocenters. The Morgan fingerprint density at radius 1 is 0.903 bits per heavy atom. The number of thioether (sulfide) groups is 1. The molecule has 149 valence electrons. The first-order valence-corrected chi connectivity index (χ1v) is 11.0. The first-order valence-electron chi connectivity index (χ1n) is 10.2. The Balaban J connectivity index is 1.54. The second kappa shape index (κ2) is 7.48. The zero-order valence-electron chi connectivity index (χ0n) is 16.6. The number of anilines is 2. The number of fused-ring (bicyclic) bond motifs is 5. The lowest BCUT2D eigenvalue weighted by Gasteiger charge is -2.26. The Kier molecular flexibility index (Phi) is 4.48. The van der Waals surface area contributed by atoms with Gasteiger partial charge in [0, 0.05) is 22.5 Å². The smallest absolute Gasteiger partial charge is 0.537 e. The predicted molar refractivity (Wildman–Crippen MR) is 128 cm³/mol. The van der Waals surface area contributed by atoms with Gasteiger partial charge in [0.15, 0.2) is 0 Å². The van der Waals surface area contributed by atoms with E-state index in [1.807, 2.05) is 36.0 Å². The Bertz CT molecular complexity index is 1300. The molecule has 0 saturated carbocycles. The third kappa shape index (κ3) is 3.02. The second-order valence-corrected chi connectivity index (χ2v) is 8.67. The molecule has 0 aliphatic carbocycles. The van der Waals surface area contributed by atoms with Crippen LogP contribution < -0.4 is 9.55 Å². The Hall–Kier alpha value is -3.22. The van der Waals surface area contributed by atoms with E-state index < -0.39 is 0 Å². The Labute approximate surface area is 185 Å². The van der Waals surface area contributed by atoms with E-state index >= 15 is 0 Å². The minimum atomic E-state index is 0.0373. The van der Waals surface area contributed by atoms with Gasteiger partial charge in [0.1, 0.15) is 22.2 Å². The fourth-order valence-corrected chi connectivity index (χ4v) is 5.85. The number of hydrogen-bond donors (Lipinski definition) is 1. The Morgan fingerprint density at radius 2 is 1.68 bits per heavy atom. The van der Waals surface area contributed by atoms with Crippen LogP contribution in [-0.4, -0.2) is 23.1 Å². The average molecular weight is 421 g/mol. The summed E-state index contributed by atoms with van der Waals surface area (Å²) >= 11 is 1.83. The van der Waals surface area contributed by atoms with Gasteiger partial charge >= 0.3 is 7.69 Å². The van der Waals surface area contributed by atoms with E-state index in [4.69, 9.17) is 14.7 Å². The first kappa shape index (κ1) is 18.5. The number of aliphatic imine (C=N–C) groups is 1. The van der Waals surface area contributed by atoms with Gasteiger partial charge in [-0.2, -0.15) is 0 Å². The molecule has 0 bridgehead atoms. The van der Waals surface area contributed by atoms with Gasteiger partial charge in [0.2, 0.25) is 0 Å². The maximum Gasteiger partial charge on any atom is 0.569 e. The van der Waals surface area contributed by atoms with Gasteiger partial charge in [-0.1, -0.05) is 72.4 Å². The molecule has 2 atom stereocenters. The summed E-state index contributed by atoms with van der Waals surface area (Å²) in [5.74, 6) is 0.610. The summed E-state index contributed by atoms with van der Waals surface area (Å²) in [4.78, 5) is 7.62. The largest absolute Gasteiger partial charge is 0.569 e. The number of hydrogen-bond acceptors (Lipinski definition) is 5. The van der Waals surface area contributed by atoms with Gasteiger partial charge in [0.25, 0.3) is 0 Å². The van der Waals surface area contributed by atoms with Crippen LogP contribution in [0.25, 0.3) is 10.8 Å². The highest BCUT2D eigenvalue weighted by molar-refractivity contribution is 8.15. The lowest BCUT2D eigenvalue weighted by Crippen LogP contribution is -2.24. The third-order valence-corrected chi connectivity index (χ3v) is 7.10. The van der Waals surface area contributed by atoms with Crippen molar-refractivity contribution in [1.29, 1.82) is 0 Å². The van der Waals surface area contributed by atoms with Crippen molar-refractivity contribution < 1.29 is 9.68 Å². The Morgan fingerprint density at radius 3 is 2.45 bits per heavy atom. The molecule has 0 fully saturated rings. The minimum absolute atomic E-state index is 0.0373. The SMILES string of the molecule is O[B]Oc1ccc2c3c(ccc2c1)N(c1ccccc1)C1SC(c2ccccc2)=NC31. The quantitative estimate of drug-likeness (QED) is 0.445. The summed E-state index contributed by atoms with van der Waals surface area (Å²) in [5.41, 5.74) is 4.76. The van der Waals surface area contributed by atoms with Crippen molar-refractivity contribution in [3.05, 3.63) is 102 Å². The van der Waals surface area contributed by atoms with E-state index in [1.54, 1.807) is 0 Å². The van der Waals surface area contributed by atoms with E-state index in [9.17, 15) is 0 Å². The van der Waals surface area contributed by atoms with Crippen LogP contribution in [0.2, 0.25) is 0 Å². The molecular formula is C25H18BN2O2S. The highest BCUT2D eigenvalue weighted by atomic mass is 32.2. The summed E-state index contributed by atoms with van der Waals surface area (Å²) in [5, 5.41) is 12.5. The maximum absolute atomic E-state index is 8.99. The molecule has 31 heavy (non-hydrogen) atoms. The van der Waals surface area contributed by atoms with Crippen LogP contribution in [0.5, 0.6) is 5.75 Å². The monoisotopic (exact) mass is 421 g/mol. The van der Waals surface area contributed by atoms with Crippen molar-refractivity contribution in [2.75, 3.05) is 4.90 Å². The molecule has 1 radical (unpaired) electrons. The molecule has 4 aromatic rings. The molecule has 2 aliphatic heterocycles. The summed E-state index contributed by atoms with van der Waals surface area (Å²) in [6, 6.07) is 31.2. The van der Waals surface area contributed by atoms with Gasteiger partial charge in [0.05, 0.1) is 0 Å². The van der Waals surface area contributed by atoms with E-state index in [0.717, 1.165) is 21.4 Å². The molecular weight excluding hydrogens is 403 g/mol. The van der Waals surface area contributed by atoms with Crippen LogP contribution in [0.3, 0.4) is 0 Å². The van der Waals surface area contributed by atoms with Gasteiger partial charge in [-0.05, 0) is 41.1 Å². The van der Waals surface area contributed by atoms with Crippen molar-refractivity contribution in [2.45, 2.75) is 11.4 Å². The number of benzene rings is 4. The summed E-state index contributed by atoms with van der Waals surface area (Å²) in [6.45, 7) is 0. The molecule has 2 heterocycles. The van der Waals surface area contributed by atoms with Crippen LogP contribution in [0, 0.1) is 0 Å². The molecule has 1 N–H and O–H groups in total. The van der Waals surface area contributed by atoms with Gasteiger partial charge < -0.3 is 14.6 Å². The zero-order valence-corrected chi connectivity index (χ0v) is 17.4. The molecule has 6 rings (SSSR count). The van der Waals surface area contributed by atoms with Gasteiger partial charge in [-0.15, -0.1) is 0 Å². The fourth-order valence-electron chi connectivity index (χ4n) is 4.51. The third-order valence-electron chi connectivity index (χ3n) is 5.82. The summed E-state index contributed by atoms with van der Waals surface area (Å²) in [6.07, 6.45) is 0. The molecule has 0 spiro atoms. The first-order chi connectivity index (χ1) is 15.3. The van der Waals surface area contributed by atoms with Crippen molar-refractivity contribution in [2.24, 2.45) is 4.99 Å². The van der Waals surface area contributed by atoms with Crippen LogP contribution in [0.1, 0.15) is 17.2 Å². The molecule has 0 aromatic heterocycles. The predicted octanol–water partition coefficient (Wildman–Crippen LogP) is 5.46. The van der Waals surface area contributed by atoms with E-state index in [2.05, 4.69) is 71.6 Å². The van der Waals surface area contributed by atoms with Gasteiger partial charge in [-0.25, -0.2) is 0 Å². The zero-order chi connectivity index (χ0) is 20.8. The minimum Gasteiger partial charge on any atom is -0.537 e. The lowest BCUT2D eigenvalue weighted by atomic mass is 9.99. The lowest BCUT2D eigenvalue weighted by molar-refractivity contribution is 0.454. The topological polar surface area (TPSA) is 45.1 Å². The summed E-state index contributed by atoms with van der Waals surface area (Å²) < 4.78 is 5.17. The van der Waals surface area contributed by atoms with Crippen LogP contribution in [0.15, 0.2) is 96.0 Å². The number of rotatable bonds is 4. The van der Waals surface area contributed by atoms with E-state index in [-0.39, 0.29) is 11.4 Å². The fraction of sp³-hybridized carbons (Fsp3) is 0.0800. The highest BCUT2D eigenvalue weighted by Crippen LogP contribution is 2.56. The maximum atomic E-state index is 8.99. The van der Waals surface area contributed by atoms with Crippen molar-refractivity contribution >= 4 is 46.6 Å². The highest BCUT2D eigenvalue weighted by Gasteiger charge is 2.45. The summed E-state index contributed by atoms with van der Waals surface area (Å²) in [7, 11) is 0.714.